The second-order valence-corrected chi connectivity index (χ2v) is 11.7. The third-order valence-electron chi connectivity index (χ3n) is 8.17. The van der Waals surface area contributed by atoms with Crippen molar-refractivity contribution in [1.82, 2.24) is 25.4 Å². The van der Waals surface area contributed by atoms with E-state index in [1.165, 1.54) is 18.2 Å². The highest BCUT2D eigenvalue weighted by Gasteiger charge is 2.45. The van der Waals surface area contributed by atoms with Gasteiger partial charge in [0.25, 0.3) is 5.91 Å². The van der Waals surface area contributed by atoms with Gasteiger partial charge < -0.3 is 35.8 Å². The van der Waals surface area contributed by atoms with Crippen molar-refractivity contribution < 1.29 is 18.7 Å². The van der Waals surface area contributed by atoms with Crippen LogP contribution in [0.2, 0.25) is 5.02 Å². The molecule has 4 N–H and O–H groups in total. The van der Waals surface area contributed by atoms with E-state index in [2.05, 4.69) is 36.0 Å². The van der Waals surface area contributed by atoms with E-state index in [0.717, 1.165) is 19.5 Å². The molecular weight excluding hydrogens is 549 g/mol. The lowest BCUT2D eigenvalue weighted by Crippen LogP contribution is -2.57. The van der Waals surface area contributed by atoms with E-state index in [-0.39, 0.29) is 57.7 Å². The van der Waals surface area contributed by atoms with Gasteiger partial charge >= 0.3 is 0 Å². The first-order valence-corrected chi connectivity index (χ1v) is 14.2. The average molecular weight is 586 g/mol. The van der Waals surface area contributed by atoms with Gasteiger partial charge in [0.15, 0.2) is 5.75 Å². The van der Waals surface area contributed by atoms with Crippen LogP contribution in [0.25, 0.3) is 11.3 Å². The third kappa shape index (κ3) is 5.33. The van der Waals surface area contributed by atoms with Gasteiger partial charge in [0.2, 0.25) is 5.91 Å². The normalized spacial score (nSPS) is 21.7. The zero-order valence-corrected chi connectivity index (χ0v) is 24.4. The number of aromatic nitrogens is 1. The zero-order chi connectivity index (χ0) is 29.5. The van der Waals surface area contributed by atoms with Gasteiger partial charge in [-0.25, -0.2) is 9.37 Å². The number of anilines is 2. The number of nitrogens with two attached hydrogens (primary N) is 1. The molecular formula is C29H37ClFN7O3. The molecule has 12 heteroatoms. The molecule has 5 rings (SSSR count). The third-order valence-corrected chi connectivity index (χ3v) is 8.52. The Morgan fingerprint density at radius 1 is 1.29 bits per heavy atom. The number of benzene rings is 1. The van der Waals surface area contributed by atoms with Crippen molar-refractivity contribution in [3.05, 3.63) is 47.3 Å². The van der Waals surface area contributed by atoms with Gasteiger partial charge in [-0.1, -0.05) is 24.2 Å². The molecule has 41 heavy (non-hydrogen) atoms. The molecule has 1 aromatic carbocycles. The molecule has 0 spiro atoms. The molecule has 0 aliphatic carbocycles. The van der Waals surface area contributed by atoms with E-state index in [9.17, 15) is 9.59 Å². The minimum atomic E-state index is -0.575. The maximum absolute atomic E-state index is 15.2. The Kier molecular flexibility index (Phi) is 8.13. The van der Waals surface area contributed by atoms with Crippen LogP contribution in [0, 0.1) is 5.82 Å². The Morgan fingerprint density at radius 2 is 2.07 bits per heavy atom. The number of halogens is 2. The fourth-order valence-corrected chi connectivity index (χ4v) is 6.37. The zero-order valence-electron chi connectivity index (χ0n) is 23.7. The maximum atomic E-state index is 15.2. The van der Waals surface area contributed by atoms with Crippen LogP contribution < -0.4 is 26.0 Å². The monoisotopic (exact) mass is 585 g/mol. The first-order chi connectivity index (χ1) is 19.6. The lowest BCUT2D eigenvalue weighted by Gasteiger charge is -2.40. The molecule has 2 unspecified atom stereocenters. The summed E-state index contributed by atoms with van der Waals surface area (Å²) in [4.78, 5) is 37.0. The standard InChI is InChI=1S/C29H37ClFN7O3/c1-5-21(39)36-11-12-37-18(15-36)16-41-26-23(28(37)40)27(38-14-17(13-29(38,2)3)34-10-9-33-4)35-25(24(26)30)22-19(31)7-6-8-20(22)32/h5-8,17-18,33-34H,1,9-16,32H2,2-4H3. The number of carbonyl (C=O) groups excluding carboxylic acids is 2. The van der Waals surface area contributed by atoms with Gasteiger partial charge in [-0.3, -0.25) is 9.59 Å². The number of piperazine rings is 1. The van der Waals surface area contributed by atoms with Crippen LogP contribution in [0.3, 0.4) is 0 Å². The minimum Gasteiger partial charge on any atom is -0.489 e. The van der Waals surface area contributed by atoms with Crippen molar-refractivity contribution in [2.45, 2.75) is 37.9 Å². The van der Waals surface area contributed by atoms with Crippen LogP contribution in [0.1, 0.15) is 30.6 Å². The molecule has 0 saturated carbocycles. The van der Waals surface area contributed by atoms with Crippen molar-refractivity contribution in [2.75, 3.05) is 63.6 Å². The summed E-state index contributed by atoms with van der Waals surface area (Å²) in [5.41, 5.74) is 6.42. The van der Waals surface area contributed by atoms with Crippen LogP contribution in [0.15, 0.2) is 30.9 Å². The van der Waals surface area contributed by atoms with E-state index in [1.54, 1.807) is 15.9 Å². The second kappa shape index (κ2) is 11.5. The van der Waals surface area contributed by atoms with Crippen LogP contribution in [-0.2, 0) is 4.79 Å². The molecule has 4 heterocycles. The number of hydrogen-bond donors (Lipinski definition) is 3. The van der Waals surface area contributed by atoms with Gasteiger partial charge in [-0.2, -0.15) is 0 Å². The number of amides is 2. The van der Waals surface area contributed by atoms with Crippen LogP contribution in [0.5, 0.6) is 5.75 Å². The molecule has 1 aromatic heterocycles. The van der Waals surface area contributed by atoms with Gasteiger partial charge in [-0.05, 0) is 45.5 Å². The Balaban J connectivity index is 1.64. The van der Waals surface area contributed by atoms with Crippen molar-refractivity contribution in [3.8, 4) is 17.0 Å². The molecule has 0 radical (unpaired) electrons. The van der Waals surface area contributed by atoms with Crippen molar-refractivity contribution in [3.63, 3.8) is 0 Å². The number of nitrogen functional groups attached to an aromatic ring is 1. The van der Waals surface area contributed by atoms with Gasteiger partial charge in [0.05, 0.1) is 11.6 Å². The van der Waals surface area contributed by atoms with Crippen molar-refractivity contribution in [1.29, 1.82) is 0 Å². The number of hydrogen-bond acceptors (Lipinski definition) is 8. The van der Waals surface area contributed by atoms with Crippen molar-refractivity contribution in [2.24, 2.45) is 0 Å². The fourth-order valence-electron chi connectivity index (χ4n) is 6.08. The molecule has 2 aromatic rings. The van der Waals surface area contributed by atoms with Crippen LogP contribution >= 0.6 is 11.6 Å². The van der Waals surface area contributed by atoms with E-state index in [0.29, 0.717) is 32.0 Å². The summed E-state index contributed by atoms with van der Waals surface area (Å²) in [6.45, 7) is 11.0. The van der Waals surface area contributed by atoms with Crippen molar-refractivity contribution >= 4 is 34.9 Å². The molecule has 220 valence electrons. The molecule has 2 atom stereocenters. The Labute approximate surface area is 244 Å². The van der Waals surface area contributed by atoms with E-state index < -0.39 is 17.4 Å². The number of ether oxygens (including phenoxy) is 1. The average Bonchev–Trinajstić information content (AvgIpc) is 3.16. The summed E-state index contributed by atoms with van der Waals surface area (Å²) < 4.78 is 21.5. The first kappa shape index (κ1) is 29.1. The van der Waals surface area contributed by atoms with Gasteiger partial charge in [0, 0.05) is 56.5 Å². The second-order valence-electron chi connectivity index (χ2n) is 11.3. The molecule has 10 nitrogen and oxygen atoms in total. The number of pyridine rings is 1. The Hall–Kier alpha value is -3.41. The Bertz CT molecular complexity index is 1350. The topological polar surface area (TPSA) is 116 Å². The van der Waals surface area contributed by atoms with Crippen LogP contribution in [0.4, 0.5) is 15.9 Å². The summed E-state index contributed by atoms with van der Waals surface area (Å²) >= 11 is 6.91. The molecule has 3 aliphatic heterocycles. The molecule has 2 fully saturated rings. The van der Waals surface area contributed by atoms with Crippen LogP contribution in [-0.4, -0.2) is 97.1 Å². The van der Waals surface area contributed by atoms with Gasteiger partial charge in [-0.15, -0.1) is 0 Å². The highest BCUT2D eigenvalue weighted by atomic mass is 35.5. The lowest BCUT2D eigenvalue weighted by atomic mass is 9.99. The number of fused-ring (bicyclic) bond motifs is 2. The van der Waals surface area contributed by atoms with E-state index in [4.69, 9.17) is 27.1 Å². The highest BCUT2D eigenvalue weighted by Crippen LogP contribution is 2.47. The predicted octanol–water partition coefficient (Wildman–Crippen LogP) is 2.52. The summed E-state index contributed by atoms with van der Waals surface area (Å²) in [7, 11) is 1.90. The number of carbonyl (C=O) groups is 2. The maximum Gasteiger partial charge on any atom is 0.261 e. The van der Waals surface area contributed by atoms with Gasteiger partial charge in [0.1, 0.15) is 34.5 Å². The Morgan fingerprint density at radius 3 is 2.78 bits per heavy atom. The van der Waals surface area contributed by atoms with E-state index >= 15 is 4.39 Å². The number of nitrogens with one attached hydrogen (secondary N) is 2. The summed E-state index contributed by atoms with van der Waals surface area (Å²) in [6, 6.07) is 4.14. The molecule has 2 saturated heterocycles. The first-order valence-electron chi connectivity index (χ1n) is 13.9. The fraction of sp³-hybridized carbons (Fsp3) is 0.483. The number of rotatable bonds is 7. The lowest BCUT2D eigenvalue weighted by molar-refractivity contribution is -0.128. The number of likely N-dealkylation sites (N-methyl/N-ethyl adjacent to an activating group) is 1. The summed E-state index contributed by atoms with van der Waals surface area (Å²) in [5.74, 6) is -0.535. The minimum absolute atomic E-state index is 0.0217. The highest BCUT2D eigenvalue weighted by molar-refractivity contribution is 6.35. The smallest absolute Gasteiger partial charge is 0.261 e. The SMILES string of the molecule is C=CC(=O)N1CCN2C(=O)c3c(N4CC(NCCNC)CC4(C)C)nc(-c4c(N)cccc4F)c(Cl)c3OCC2C1. The largest absolute Gasteiger partial charge is 0.489 e. The van der Waals surface area contributed by atoms with E-state index in [1.807, 2.05) is 7.05 Å². The summed E-state index contributed by atoms with van der Waals surface area (Å²) in [5, 5.41) is 6.74. The molecule has 3 aliphatic rings. The molecule has 2 amide bonds. The predicted molar refractivity (Wildman–Crippen MR) is 158 cm³/mol. The number of nitrogens with zero attached hydrogens (tertiary/aromatic N) is 4. The molecule has 0 bridgehead atoms. The summed E-state index contributed by atoms with van der Waals surface area (Å²) in [6.07, 6.45) is 2.07. The quantitative estimate of drug-likeness (QED) is 0.258.